The number of hydrogen-bond acceptors (Lipinski definition) is 3. The second-order valence-corrected chi connectivity index (χ2v) is 3.91. The van der Waals surface area contributed by atoms with E-state index in [1.807, 2.05) is 6.07 Å². The second kappa shape index (κ2) is 4.72. The maximum Gasteiger partial charge on any atom is 0.130 e. The number of phenolic OH excluding ortho intramolecular Hbond substituents is 1. The Morgan fingerprint density at radius 1 is 1.12 bits per heavy atom. The molecule has 0 aromatic heterocycles. The number of methoxy groups -OCH3 is 2. The number of alkyl halides is 1. The van der Waals surface area contributed by atoms with Crippen molar-refractivity contribution in [1.29, 1.82) is 0 Å². The van der Waals surface area contributed by atoms with Gasteiger partial charge in [-0.1, -0.05) is 0 Å². The molecule has 2 aromatic rings. The fourth-order valence-electron chi connectivity index (χ4n) is 1.89. The van der Waals surface area contributed by atoms with Crippen LogP contribution in [0.5, 0.6) is 17.2 Å². The summed E-state index contributed by atoms with van der Waals surface area (Å²) >= 11 is 5.79. The largest absolute Gasteiger partial charge is 0.507 e. The van der Waals surface area contributed by atoms with Gasteiger partial charge in [0.15, 0.2) is 0 Å². The van der Waals surface area contributed by atoms with E-state index in [1.165, 1.54) is 0 Å². The highest BCUT2D eigenvalue weighted by atomic mass is 35.5. The van der Waals surface area contributed by atoms with E-state index in [0.29, 0.717) is 22.8 Å². The van der Waals surface area contributed by atoms with Crippen molar-refractivity contribution >= 4 is 22.4 Å². The number of benzene rings is 2. The van der Waals surface area contributed by atoms with Gasteiger partial charge in [-0.25, -0.2) is 0 Å². The molecule has 2 aromatic carbocycles. The fraction of sp³-hybridized carbons (Fsp3) is 0.231. The van der Waals surface area contributed by atoms with Crippen LogP contribution in [0, 0.1) is 0 Å². The van der Waals surface area contributed by atoms with E-state index in [4.69, 9.17) is 21.1 Å². The summed E-state index contributed by atoms with van der Waals surface area (Å²) in [6, 6.07) is 7.10. The van der Waals surface area contributed by atoms with Crippen molar-refractivity contribution in [3.8, 4) is 17.2 Å². The summed E-state index contributed by atoms with van der Waals surface area (Å²) in [6.07, 6.45) is 0. The molecule has 0 spiro atoms. The first-order valence-corrected chi connectivity index (χ1v) is 5.67. The van der Waals surface area contributed by atoms with Crippen LogP contribution in [0.15, 0.2) is 24.3 Å². The van der Waals surface area contributed by atoms with E-state index in [-0.39, 0.29) is 5.75 Å². The molecular weight excluding hydrogens is 240 g/mol. The Balaban J connectivity index is 2.85. The molecule has 0 unspecified atom stereocenters. The molecule has 0 heterocycles. The minimum atomic E-state index is 0.147. The summed E-state index contributed by atoms with van der Waals surface area (Å²) in [5.74, 6) is 1.78. The molecule has 0 amide bonds. The molecule has 0 bridgehead atoms. The minimum absolute atomic E-state index is 0.147. The summed E-state index contributed by atoms with van der Waals surface area (Å²) in [7, 11) is 3.15. The number of fused-ring (bicyclic) bond motifs is 1. The zero-order chi connectivity index (χ0) is 12.4. The van der Waals surface area contributed by atoms with Crippen molar-refractivity contribution in [1.82, 2.24) is 0 Å². The van der Waals surface area contributed by atoms with Crippen LogP contribution in [0.3, 0.4) is 0 Å². The molecule has 0 radical (unpaired) electrons. The van der Waals surface area contributed by atoms with Crippen LogP contribution in [0.4, 0.5) is 0 Å². The highest BCUT2D eigenvalue weighted by Gasteiger charge is 2.12. The maximum absolute atomic E-state index is 10.0. The molecule has 0 fully saturated rings. The van der Waals surface area contributed by atoms with E-state index in [9.17, 15) is 5.11 Å². The zero-order valence-electron chi connectivity index (χ0n) is 9.66. The Hall–Kier alpha value is -1.61. The fourth-order valence-corrected chi connectivity index (χ4v) is 2.04. The number of hydrogen-bond donors (Lipinski definition) is 1. The summed E-state index contributed by atoms with van der Waals surface area (Å²) in [5, 5.41) is 11.5. The second-order valence-electron chi connectivity index (χ2n) is 3.64. The number of rotatable bonds is 3. The molecule has 4 heteroatoms. The van der Waals surface area contributed by atoms with Crippen LogP contribution in [0.2, 0.25) is 0 Å². The number of aromatic hydroxyl groups is 1. The number of halogens is 1. The third-order valence-corrected chi connectivity index (χ3v) is 2.98. The lowest BCUT2D eigenvalue weighted by Crippen LogP contribution is -1.91. The van der Waals surface area contributed by atoms with Gasteiger partial charge >= 0.3 is 0 Å². The zero-order valence-corrected chi connectivity index (χ0v) is 10.4. The lowest BCUT2D eigenvalue weighted by atomic mass is 10.0. The first-order chi connectivity index (χ1) is 8.21. The summed E-state index contributed by atoms with van der Waals surface area (Å²) in [5.41, 5.74) is 0.836. The van der Waals surface area contributed by atoms with Gasteiger partial charge in [-0.3, -0.25) is 0 Å². The van der Waals surface area contributed by atoms with Crippen LogP contribution >= 0.6 is 11.6 Å². The third-order valence-electron chi connectivity index (χ3n) is 2.67. The van der Waals surface area contributed by atoms with Gasteiger partial charge in [0.1, 0.15) is 17.2 Å². The predicted octanol–water partition coefficient (Wildman–Crippen LogP) is 3.30. The molecule has 0 aliphatic rings. The Bertz CT molecular complexity index is 552. The standard InChI is InChI=1S/C13H13ClO3/c1-16-11-3-4-12(17-2)13-9(11)5-8(7-14)6-10(13)15/h3-6,15H,7H2,1-2H3. The summed E-state index contributed by atoms with van der Waals surface area (Å²) in [6.45, 7) is 0. The Morgan fingerprint density at radius 3 is 2.35 bits per heavy atom. The molecule has 2 rings (SSSR count). The molecule has 0 atom stereocenters. The molecule has 3 nitrogen and oxygen atoms in total. The van der Waals surface area contributed by atoms with E-state index in [2.05, 4.69) is 0 Å². The van der Waals surface area contributed by atoms with Gasteiger partial charge in [0.05, 0.1) is 19.6 Å². The maximum atomic E-state index is 10.0. The summed E-state index contributed by atoms with van der Waals surface area (Å²) < 4.78 is 10.5. The van der Waals surface area contributed by atoms with E-state index in [0.717, 1.165) is 10.9 Å². The van der Waals surface area contributed by atoms with Crippen molar-refractivity contribution in [2.45, 2.75) is 5.88 Å². The van der Waals surface area contributed by atoms with Gasteiger partial charge < -0.3 is 14.6 Å². The molecule has 0 aliphatic heterocycles. The normalized spacial score (nSPS) is 10.5. The number of ether oxygens (including phenoxy) is 2. The summed E-state index contributed by atoms with van der Waals surface area (Å²) in [4.78, 5) is 0. The van der Waals surface area contributed by atoms with Crippen LogP contribution in [-0.4, -0.2) is 19.3 Å². The smallest absolute Gasteiger partial charge is 0.130 e. The van der Waals surface area contributed by atoms with E-state index in [1.54, 1.807) is 32.4 Å². The van der Waals surface area contributed by atoms with Gasteiger partial charge in [-0.2, -0.15) is 0 Å². The lowest BCUT2D eigenvalue weighted by molar-refractivity contribution is 0.407. The number of phenols is 1. The highest BCUT2D eigenvalue weighted by molar-refractivity contribution is 6.17. The molecular formula is C13H13ClO3. The van der Waals surface area contributed by atoms with Crippen molar-refractivity contribution < 1.29 is 14.6 Å². The van der Waals surface area contributed by atoms with E-state index >= 15 is 0 Å². The highest BCUT2D eigenvalue weighted by Crippen LogP contribution is 2.39. The van der Waals surface area contributed by atoms with Crippen molar-refractivity contribution in [2.24, 2.45) is 0 Å². The Morgan fingerprint density at radius 2 is 1.76 bits per heavy atom. The first kappa shape index (κ1) is 11.9. The van der Waals surface area contributed by atoms with Crippen LogP contribution in [-0.2, 0) is 5.88 Å². The average Bonchev–Trinajstić information content (AvgIpc) is 2.37. The van der Waals surface area contributed by atoms with Crippen LogP contribution in [0.1, 0.15) is 5.56 Å². The topological polar surface area (TPSA) is 38.7 Å². The Labute approximate surface area is 105 Å². The van der Waals surface area contributed by atoms with Crippen molar-refractivity contribution in [3.05, 3.63) is 29.8 Å². The third kappa shape index (κ3) is 1.98. The van der Waals surface area contributed by atoms with Crippen molar-refractivity contribution in [2.75, 3.05) is 14.2 Å². The van der Waals surface area contributed by atoms with Gasteiger partial charge in [0, 0.05) is 11.3 Å². The SMILES string of the molecule is COc1ccc(OC)c2c(O)cc(CCl)cc12. The van der Waals surface area contributed by atoms with Gasteiger partial charge in [0.2, 0.25) is 0 Å². The quantitative estimate of drug-likeness (QED) is 0.852. The first-order valence-electron chi connectivity index (χ1n) is 5.13. The van der Waals surface area contributed by atoms with E-state index < -0.39 is 0 Å². The predicted molar refractivity (Wildman–Crippen MR) is 68.3 cm³/mol. The molecule has 17 heavy (non-hydrogen) atoms. The average molecular weight is 253 g/mol. The molecule has 0 saturated carbocycles. The molecule has 0 aliphatic carbocycles. The lowest BCUT2D eigenvalue weighted by Gasteiger charge is -2.12. The van der Waals surface area contributed by atoms with Crippen molar-refractivity contribution in [3.63, 3.8) is 0 Å². The van der Waals surface area contributed by atoms with Crippen LogP contribution < -0.4 is 9.47 Å². The molecule has 90 valence electrons. The van der Waals surface area contributed by atoms with Crippen LogP contribution in [0.25, 0.3) is 10.8 Å². The van der Waals surface area contributed by atoms with Gasteiger partial charge in [-0.05, 0) is 29.8 Å². The van der Waals surface area contributed by atoms with Gasteiger partial charge in [-0.15, -0.1) is 11.6 Å². The monoisotopic (exact) mass is 252 g/mol. The molecule has 0 saturated heterocycles. The Kier molecular flexibility index (Phi) is 3.29. The minimum Gasteiger partial charge on any atom is -0.507 e. The van der Waals surface area contributed by atoms with Gasteiger partial charge in [0.25, 0.3) is 0 Å². The molecule has 1 N–H and O–H groups in total.